The van der Waals surface area contributed by atoms with E-state index in [-0.39, 0.29) is 43.2 Å². The first-order chi connectivity index (χ1) is 28.4. The zero-order valence-electron chi connectivity index (χ0n) is 37.3. The molecule has 0 amide bonds. The van der Waals surface area contributed by atoms with Crippen molar-refractivity contribution in [2.45, 2.75) is 73.1 Å². The van der Waals surface area contributed by atoms with Gasteiger partial charge in [-0.15, -0.1) is 29.3 Å². The van der Waals surface area contributed by atoms with E-state index in [1.807, 2.05) is 97.4 Å². The molecule has 0 aliphatic rings. The first-order valence-electron chi connectivity index (χ1n) is 21.0. The number of para-hydroxylation sites is 1. The summed E-state index contributed by atoms with van der Waals surface area (Å²) in [5.41, 5.74) is 13.9. The van der Waals surface area contributed by atoms with E-state index in [2.05, 4.69) is 96.1 Å². The van der Waals surface area contributed by atoms with Crippen LogP contribution in [-0.4, -0.2) is 19.6 Å². The fraction of sp³-hybridized carbons (Fsp3) is 0.208. The van der Waals surface area contributed by atoms with Crippen molar-refractivity contribution in [3.05, 3.63) is 167 Å². The van der Waals surface area contributed by atoms with Crippen LogP contribution in [-0.2, 0) is 31.9 Å². The second kappa shape index (κ2) is 15.6. The number of nitrogens with zero attached hydrogens (tertiary/aromatic N) is 3. The van der Waals surface area contributed by atoms with E-state index in [0.29, 0.717) is 28.2 Å². The standard InChI is InChI=1S/C53H50N3O.Pt/c1-33-26-35(3)50(57)46(27-33)51-55-49-45(16-13-17-48(49)56(51)43-22-23-44(34(2)28-43)37-14-11-10-12-15-37)39-29-40(31-42(30-39)53(7,8)9)47-32-38(24-25-54-47)36-18-20-41(21-19-36)52(4,5)6;/h10-28,30-32,57H,1-9H3;/q-1;/i2D3;. The molecule has 0 fully saturated rings. The SMILES string of the molecule is [2H]C([2H])([2H])c1cc(-n2c(-c3cc(C)cc(C)c3O)nc3c(-c4[c-]c(-c5cc(-c6ccc(C(C)(C)C)cc6)ccn5)cc(C(C)(C)C)c4)cccc32)ccc1-c1ccccc1.[Pt]. The molecule has 0 aliphatic heterocycles. The number of pyridine rings is 1. The first-order valence-corrected chi connectivity index (χ1v) is 19.5. The number of hydrogen-bond acceptors (Lipinski definition) is 3. The third-order valence-corrected chi connectivity index (χ3v) is 10.9. The number of aromatic nitrogens is 3. The van der Waals surface area contributed by atoms with Crippen LogP contribution in [0, 0.1) is 26.8 Å². The summed E-state index contributed by atoms with van der Waals surface area (Å²) in [4.78, 5) is 10.2. The summed E-state index contributed by atoms with van der Waals surface area (Å²) in [5.74, 6) is 0.628. The number of fused-ring (bicyclic) bond motifs is 1. The van der Waals surface area contributed by atoms with Gasteiger partial charge in [0, 0.05) is 42.8 Å². The number of aromatic hydroxyl groups is 1. The molecule has 6 aromatic carbocycles. The summed E-state index contributed by atoms with van der Waals surface area (Å²) in [6.07, 6.45) is 1.86. The molecule has 0 spiro atoms. The van der Waals surface area contributed by atoms with Gasteiger partial charge in [0.05, 0.1) is 16.6 Å². The number of rotatable bonds is 6. The minimum absolute atomic E-state index is 0. The fourth-order valence-corrected chi connectivity index (χ4v) is 7.64. The summed E-state index contributed by atoms with van der Waals surface area (Å²) in [5, 5.41) is 11.6. The Labute approximate surface area is 362 Å². The number of benzene rings is 6. The minimum atomic E-state index is -2.40. The van der Waals surface area contributed by atoms with Crippen LogP contribution >= 0.6 is 0 Å². The van der Waals surface area contributed by atoms with Gasteiger partial charge in [0.15, 0.2) is 0 Å². The van der Waals surface area contributed by atoms with E-state index in [0.717, 1.165) is 61.3 Å². The molecule has 0 bridgehead atoms. The van der Waals surface area contributed by atoms with Crippen molar-refractivity contribution in [2.24, 2.45) is 0 Å². The van der Waals surface area contributed by atoms with E-state index in [4.69, 9.17) is 14.1 Å². The number of phenols is 1. The second-order valence-electron chi connectivity index (χ2n) is 17.2. The summed E-state index contributed by atoms with van der Waals surface area (Å²) in [6, 6.07) is 46.1. The van der Waals surface area contributed by atoms with Crippen molar-refractivity contribution in [1.82, 2.24) is 14.5 Å². The van der Waals surface area contributed by atoms with Crippen LogP contribution < -0.4 is 0 Å². The molecule has 2 aromatic heterocycles. The Balaban J connectivity index is 0.00000561. The number of aryl methyl sites for hydroxylation is 3. The van der Waals surface area contributed by atoms with Gasteiger partial charge in [-0.05, 0) is 106 Å². The van der Waals surface area contributed by atoms with Gasteiger partial charge in [-0.1, -0.05) is 138 Å². The maximum atomic E-state index is 11.6. The molecule has 1 N–H and O–H groups in total. The van der Waals surface area contributed by atoms with Crippen LogP contribution in [0.4, 0.5) is 0 Å². The molecule has 0 unspecified atom stereocenters. The third-order valence-electron chi connectivity index (χ3n) is 10.9. The van der Waals surface area contributed by atoms with Gasteiger partial charge in [-0.2, -0.15) is 0 Å². The smallest absolute Gasteiger partial charge is 0.148 e. The van der Waals surface area contributed by atoms with E-state index in [9.17, 15) is 5.11 Å². The summed E-state index contributed by atoms with van der Waals surface area (Å²) in [6.45, 7) is 14.8. The molecule has 294 valence electrons. The normalized spacial score (nSPS) is 12.8. The molecule has 5 heteroatoms. The van der Waals surface area contributed by atoms with Crippen molar-refractivity contribution in [2.75, 3.05) is 0 Å². The molecule has 2 heterocycles. The predicted octanol–water partition coefficient (Wildman–Crippen LogP) is 13.8. The number of imidazole rings is 1. The van der Waals surface area contributed by atoms with Gasteiger partial charge in [0.1, 0.15) is 11.6 Å². The van der Waals surface area contributed by atoms with Gasteiger partial charge in [-0.25, -0.2) is 4.98 Å². The van der Waals surface area contributed by atoms with E-state index in [1.54, 1.807) is 6.07 Å². The van der Waals surface area contributed by atoms with Crippen LogP contribution in [0.2, 0.25) is 0 Å². The topological polar surface area (TPSA) is 50.9 Å². The molecule has 8 rings (SSSR count). The average Bonchev–Trinajstić information content (AvgIpc) is 3.61. The van der Waals surface area contributed by atoms with Crippen LogP contribution in [0.5, 0.6) is 5.75 Å². The molecule has 0 saturated carbocycles. The molecule has 4 nitrogen and oxygen atoms in total. The van der Waals surface area contributed by atoms with Crippen molar-refractivity contribution in [1.29, 1.82) is 0 Å². The fourth-order valence-electron chi connectivity index (χ4n) is 7.64. The Kier molecular flexibility index (Phi) is 9.91. The Bertz CT molecular complexity index is 2900. The summed E-state index contributed by atoms with van der Waals surface area (Å²) in [7, 11) is 0. The molecule has 0 atom stereocenters. The van der Waals surface area contributed by atoms with Crippen LogP contribution in [0.15, 0.2) is 134 Å². The Morgan fingerprint density at radius 1 is 0.621 bits per heavy atom. The van der Waals surface area contributed by atoms with E-state index >= 15 is 0 Å². The quantitative estimate of drug-likeness (QED) is 0.169. The van der Waals surface area contributed by atoms with Crippen molar-refractivity contribution in [3.63, 3.8) is 0 Å². The molecule has 0 saturated heterocycles. The zero-order chi connectivity index (χ0) is 42.7. The van der Waals surface area contributed by atoms with Crippen LogP contribution in [0.3, 0.4) is 0 Å². The van der Waals surface area contributed by atoms with Crippen molar-refractivity contribution in [3.8, 4) is 67.5 Å². The third kappa shape index (κ3) is 7.83. The molecule has 8 aromatic rings. The Hall–Kier alpha value is -5.57. The van der Waals surface area contributed by atoms with Gasteiger partial charge in [-0.3, -0.25) is 9.55 Å². The Morgan fingerprint density at radius 2 is 1.34 bits per heavy atom. The van der Waals surface area contributed by atoms with Crippen molar-refractivity contribution >= 4 is 11.0 Å². The van der Waals surface area contributed by atoms with Gasteiger partial charge in [0.25, 0.3) is 0 Å². The Morgan fingerprint density at radius 3 is 2.05 bits per heavy atom. The molecule has 0 aliphatic carbocycles. The maximum absolute atomic E-state index is 11.6. The number of hydrogen-bond donors (Lipinski definition) is 1. The summed E-state index contributed by atoms with van der Waals surface area (Å²) >= 11 is 0. The maximum Gasteiger partial charge on any atom is 0.148 e. The van der Waals surface area contributed by atoms with Gasteiger partial charge < -0.3 is 5.11 Å². The molecular weight excluding hydrogens is 890 g/mol. The molecule has 58 heavy (non-hydrogen) atoms. The zero-order valence-corrected chi connectivity index (χ0v) is 36.6. The van der Waals surface area contributed by atoms with Crippen molar-refractivity contribution < 1.29 is 30.3 Å². The minimum Gasteiger partial charge on any atom is -0.507 e. The summed E-state index contributed by atoms with van der Waals surface area (Å²) < 4.78 is 27.8. The van der Waals surface area contributed by atoms with Crippen LogP contribution in [0.1, 0.15) is 73.5 Å². The van der Waals surface area contributed by atoms with Gasteiger partial charge in [0.2, 0.25) is 0 Å². The van der Waals surface area contributed by atoms with E-state index < -0.39 is 6.85 Å². The average molecular weight is 943 g/mol. The van der Waals surface area contributed by atoms with Crippen LogP contribution in [0.25, 0.3) is 72.7 Å². The second-order valence-corrected chi connectivity index (χ2v) is 17.2. The largest absolute Gasteiger partial charge is 0.507 e. The molecule has 0 radical (unpaired) electrons. The monoisotopic (exact) mass is 942 g/mol. The molecular formula is C53H50N3OPt-. The van der Waals surface area contributed by atoms with E-state index in [1.165, 1.54) is 5.56 Å². The predicted molar refractivity (Wildman–Crippen MR) is 238 cm³/mol. The van der Waals surface area contributed by atoms with Gasteiger partial charge >= 0.3 is 0 Å². The first kappa shape index (κ1) is 36.7. The number of phenolic OH excluding ortho intramolecular Hbond substituents is 1.